The van der Waals surface area contributed by atoms with Crippen LogP contribution < -0.4 is 11.5 Å². The first-order chi connectivity index (χ1) is 19.9. The fraction of sp³-hybridized carbons (Fsp3) is 0.550. The van der Waals surface area contributed by atoms with Crippen molar-refractivity contribution >= 4 is 0 Å². The van der Waals surface area contributed by atoms with Crippen LogP contribution in [0.2, 0.25) is 0 Å². The normalized spacial score (nSPS) is 14.5. The van der Waals surface area contributed by atoms with Crippen LogP contribution >= 0.6 is 0 Å². The summed E-state index contributed by atoms with van der Waals surface area (Å²) in [6.07, 6.45) is 9.57. The van der Waals surface area contributed by atoms with Crippen molar-refractivity contribution in [3.05, 3.63) is 107 Å². The molecule has 0 spiro atoms. The molecule has 42 heavy (non-hydrogen) atoms. The molecule has 3 rings (SSSR count). The lowest BCUT2D eigenvalue weighted by Gasteiger charge is -2.29. The first-order valence-corrected chi connectivity index (χ1v) is 16.4. The highest BCUT2D eigenvalue weighted by molar-refractivity contribution is 5.37. The van der Waals surface area contributed by atoms with Crippen LogP contribution in [0.25, 0.3) is 0 Å². The van der Waals surface area contributed by atoms with Gasteiger partial charge in [0, 0.05) is 18.5 Å². The molecule has 0 heterocycles. The van der Waals surface area contributed by atoms with E-state index in [0.29, 0.717) is 24.3 Å². The predicted molar refractivity (Wildman–Crippen MR) is 189 cm³/mol. The van der Waals surface area contributed by atoms with E-state index in [0.717, 1.165) is 30.8 Å². The highest BCUT2D eigenvalue weighted by Gasteiger charge is 2.27. The summed E-state index contributed by atoms with van der Waals surface area (Å²) in [6, 6.07) is 15.9. The molecule has 0 saturated heterocycles. The first kappa shape index (κ1) is 37.6. The van der Waals surface area contributed by atoms with E-state index < -0.39 is 0 Å². The molecule has 3 unspecified atom stereocenters. The van der Waals surface area contributed by atoms with Crippen molar-refractivity contribution in [1.29, 1.82) is 0 Å². The maximum Gasteiger partial charge on any atom is 0.0131 e. The Morgan fingerprint density at radius 2 is 1.40 bits per heavy atom. The molecule has 4 N–H and O–H groups in total. The largest absolute Gasteiger partial charge is 0.328 e. The Kier molecular flexibility index (Phi) is 17.6. The van der Waals surface area contributed by atoms with E-state index in [1.54, 1.807) is 0 Å². The second-order valence-electron chi connectivity index (χ2n) is 13.1. The molecule has 2 aromatic rings. The Morgan fingerprint density at radius 1 is 0.881 bits per heavy atom. The summed E-state index contributed by atoms with van der Waals surface area (Å²) in [5.41, 5.74) is 22.1. The van der Waals surface area contributed by atoms with Gasteiger partial charge in [0.15, 0.2) is 0 Å². The average Bonchev–Trinajstić information content (AvgIpc) is 3.35. The van der Waals surface area contributed by atoms with Crippen molar-refractivity contribution in [2.45, 2.75) is 119 Å². The van der Waals surface area contributed by atoms with Crippen molar-refractivity contribution in [2.24, 2.45) is 29.2 Å². The molecule has 0 fully saturated rings. The zero-order valence-electron chi connectivity index (χ0n) is 28.6. The lowest BCUT2D eigenvalue weighted by Crippen LogP contribution is -2.23. The van der Waals surface area contributed by atoms with E-state index in [-0.39, 0.29) is 6.04 Å². The topological polar surface area (TPSA) is 52.0 Å². The summed E-state index contributed by atoms with van der Waals surface area (Å²) in [7, 11) is 0. The van der Waals surface area contributed by atoms with Crippen LogP contribution in [-0.2, 0) is 12.8 Å². The zero-order valence-corrected chi connectivity index (χ0v) is 28.6. The average molecular weight is 573 g/mol. The Balaban J connectivity index is 0.000000619. The standard InChI is InChI=1S/C29H39N.C7H16.C4H9N/c1-19(2)29(28-12-11-20(3)13-22(28)5)18-27(15-23(6)30)21(4)14-24-16-25-9-7-8-10-26(25)17-24;1-4-7(5-2)6-3;1-4(2)3-5/h7-13,23-24,27,29H,1,4,14-18,30H2,2-3,5-6H3;7H,4-6H2,1-3H3;1,3,5H2,2H3. The van der Waals surface area contributed by atoms with Crippen molar-refractivity contribution in [1.82, 2.24) is 0 Å². The Morgan fingerprint density at radius 3 is 1.79 bits per heavy atom. The number of fused-ring (bicyclic) bond motifs is 1. The van der Waals surface area contributed by atoms with Gasteiger partial charge in [0.25, 0.3) is 0 Å². The van der Waals surface area contributed by atoms with Crippen LogP contribution in [0.3, 0.4) is 0 Å². The molecule has 2 nitrogen and oxygen atoms in total. The van der Waals surface area contributed by atoms with Gasteiger partial charge in [-0.1, -0.05) is 125 Å². The van der Waals surface area contributed by atoms with E-state index >= 15 is 0 Å². The van der Waals surface area contributed by atoms with Gasteiger partial charge in [-0.05, 0) is 107 Å². The van der Waals surface area contributed by atoms with Crippen molar-refractivity contribution in [3.8, 4) is 0 Å². The summed E-state index contributed by atoms with van der Waals surface area (Å²) >= 11 is 0. The third-order valence-electron chi connectivity index (χ3n) is 8.92. The third kappa shape index (κ3) is 13.3. The highest BCUT2D eigenvalue weighted by atomic mass is 14.6. The van der Waals surface area contributed by atoms with E-state index in [4.69, 9.17) is 11.5 Å². The molecule has 1 aliphatic carbocycles. The Labute approximate surface area is 260 Å². The molecule has 0 bridgehead atoms. The summed E-state index contributed by atoms with van der Waals surface area (Å²) in [5.74, 6) is 2.44. The van der Waals surface area contributed by atoms with Gasteiger partial charge in [0.1, 0.15) is 0 Å². The number of hydrogen-bond acceptors (Lipinski definition) is 2. The van der Waals surface area contributed by atoms with Gasteiger partial charge in [-0.3, -0.25) is 0 Å². The highest BCUT2D eigenvalue weighted by Crippen LogP contribution is 2.39. The maximum atomic E-state index is 6.28. The molecule has 0 amide bonds. The van der Waals surface area contributed by atoms with Crippen molar-refractivity contribution < 1.29 is 0 Å². The van der Waals surface area contributed by atoms with Crippen LogP contribution in [0.5, 0.6) is 0 Å². The molecule has 2 aromatic carbocycles. The quantitative estimate of drug-likeness (QED) is 0.235. The van der Waals surface area contributed by atoms with Gasteiger partial charge in [0.2, 0.25) is 0 Å². The number of aryl methyl sites for hydroxylation is 2. The summed E-state index contributed by atoms with van der Waals surface area (Å²) in [6.45, 7) is 30.5. The predicted octanol–water partition coefficient (Wildman–Crippen LogP) is 10.4. The lowest BCUT2D eigenvalue weighted by molar-refractivity contribution is 0.417. The fourth-order valence-electron chi connectivity index (χ4n) is 6.17. The number of allylic oxidation sites excluding steroid dienone is 2. The number of rotatable bonds is 13. The maximum absolute atomic E-state index is 6.28. The summed E-state index contributed by atoms with van der Waals surface area (Å²) in [4.78, 5) is 0. The van der Waals surface area contributed by atoms with Crippen molar-refractivity contribution in [3.63, 3.8) is 0 Å². The smallest absolute Gasteiger partial charge is 0.0131 e. The fourth-order valence-corrected chi connectivity index (χ4v) is 6.17. The number of benzene rings is 2. The zero-order chi connectivity index (χ0) is 31.8. The number of nitrogens with two attached hydrogens (primary N) is 2. The van der Waals surface area contributed by atoms with E-state index in [2.05, 4.69) is 111 Å². The van der Waals surface area contributed by atoms with Crippen LogP contribution in [-0.4, -0.2) is 12.6 Å². The van der Waals surface area contributed by atoms with Gasteiger partial charge < -0.3 is 11.5 Å². The van der Waals surface area contributed by atoms with E-state index in [1.807, 2.05) is 6.92 Å². The molecule has 0 saturated carbocycles. The molecule has 0 aromatic heterocycles. The minimum absolute atomic E-state index is 0.178. The monoisotopic (exact) mass is 573 g/mol. The van der Waals surface area contributed by atoms with Crippen LogP contribution in [0.1, 0.15) is 114 Å². The second kappa shape index (κ2) is 19.7. The van der Waals surface area contributed by atoms with Gasteiger partial charge in [-0.25, -0.2) is 0 Å². The molecule has 0 radical (unpaired) electrons. The number of hydrogen-bond donors (Lipinski definition) is 2. The molecule has 2 heteroatoms. The van der Waals surface area contributed by atoms with Gasteiger partial charge in [-0.2, -0.15) is 0 Å². The van der Waals surface area contributed by atoms with Crippen LogP contribution in [0, 0.1) is 31.6 Å². The van der Waals surface area contributed by atoms with Crippen LogP contribution in [0.4, 0.5) is 0 Å². The van der Waals surface area contributed by atoms with E-state index in [9.17, 15) is 0 Å². The molecular weight excluding hydrogens is 508 g/mol. The molecule has 0 aliphatic heterocycles. The van der Waals surface area contributed by atoms with Gasteiger partial charge >= 0.3 is 0 Å². The van der Waals surface area contributed by atoms with E-state index in [1.165, 1.54) is 71.1 Å². The van der Waals surface area contributed by atoms with Gasteiger partial charge in [-0.15, -0.1) is 0 Å². The Hall–Kier alpha value is -2.42. The molecule has 3 atom stereocenters. The molecular formula is C40H64N2. The SMILES string of the molecule is C=C(C)CN.C=C(CC1Cc2ccccc2C1)C(CC(C)N)CC(C(=C)C)c1ccc(C)cc1C.CCC(CC)CC. The first-order valence-electron chi connectivity index (χ1n) is 16.4. The van der Waals surface area contributed by atoms with Gasteiger partial charge in [0.05, 0.1) is 0 Å². The minimum Gasteiger partial charge on any atom is -0.328 e. The molecule has 234 valence electrons. The minimum atomic E-state index is 0.178. The summed E-state index contributed by atoms with van der Waals surface area (Å²) < 4.78 is 0. The Bertz CT molecular complexity index is 1070. The molecule has 1 aliphatic rings. The third-order valence-corrected chi connectivity index (χ3v) is 8.92. The lowest BCUT2D eigenvalue weighted by atomic mass is 9.76. The summed E-state index contributed by atoms with van der Waals surface area (Å²) in [5, 5.41) is 0. The van der Waals surface area contributed by atoms with Crippen molar-refractivity contribution in [2.75, 3.05) is 6.54 Å². The second-order valence-corrected chi connectivity index (χ2v) is 13.1. The van der Waals surface area contributed by atoms with Crippen LogP contribution in [0.15, 0.2) is 78.9 Å².